The zero-order valence-corrected chi connectivity index (χ0v) is 14.9. The lowest BCUT2D eigenvalue weighted by atomic mass is 10.1. The maximum Gasteiger partial charge on any atom is 0.221 e. The van der Waals surface area contributed by atoms with E-state index in [1.54, 1.807) is 36.4 Å². The average Bonchev–Trinajstić information content (AvgIpc) is 3.19. The molecule has 0 bridgehead atoms. The number of sulfone groups is 1. The molecule has 3 rings (SSSR count). The van der Waals surface area contributed by atoms with Crippen molar-refractivity contribution in [2.75, 3.05) is 5.75 Å². The molecule has 0 unspecified atom stereocenters. The fraction of sp³-hybridized carbons (Fsp3) is 0.150. The van der Waals surface area contributed by atoms with Gasteiger partial charge in [-0.25, -0.2) is 8.42 Å². The minimum Gasteiger partial charge on any atom is -0.467 e. The summed E-state index contributed by atoms with van der Waals surface area (Å²) in [5.41, 5.74) is 1.97. The highest BCUT2D eigenvalue weighted by molar-refractivity contribution is 7.91. The van der Waals surface area contributed by atoms with Crippen molar-refractivity contribution < 1.29 is 17.6 Å². The van der Waals surface area contributed by atoms with Crippen LogP contribution in [-0.2, 0) is 21.2 Å². The normalized spacial score (nSPS) is 11.2. The number of carbonyl (C=O) groups excluding carboxylic acids is 1. The van der Waals surface area contributed by atoms with E-state index in [9.17, 15) is 13.2 Å². The van der Waals surface area contributed by atoms with Crippen LogP contribution in [0.2, 0.25) is 0 Å². The van der Waals surface area contributed by atoms with Crippen molar-refractivity contribution in [3.63, 3.8) is 0 Å². The highest BCUT2D eigenvalue weighted by Crippen LogP contribution is 2.21. The van der Waals surface area contributed by atoms with Crippen LogP contribution in [0.15, 0.2) is 82.3 Å². The van der Waals surface area contributed by atoms with E-state index < -0.39 is 9.84 Å². The van der Waals surface area contributed by atoms with E-state index in [4.69, 9.17) is 4.42 Å². The lowest BCUT2D eigenvalue weighted by Gasteiger charge is -2.07. The summed E-state index contributed by atoms with van der Waals surface area (Å²) in [5, 5.41) is 2.64. The molecule has 26 heavy (non-hydrogen) atoms. The van der Waals surface area contributed by atoms with Crippen LogP contribution in [0.3, 0.4) is 0 Å². The summed E-state index contributed by atoms with van der Waals surface area (Å²) >= 11 is 0. The quantitative estimate of drug-likeness (QED) is 0.692. The molecular weight excluding hydrogens is 350 g/mol. The molecule has 3 aromatic rings. The van der Waals surface area contributed by atoms with Crippen LogP contribution in [-0.4, -0.2) is 20.1 Å². The van der Waals surface area contributed by atoms with Gasteiger partial charge in [-0.1, -0.05) is 42.5 Å². The topological polar surface area (TPSA) is 76.4 Å². The second-order valence-electron chi connectivity index (χ2n) is 5.82. The Kier molecular flexibility index (Phi) is 5.53. The third-order valence-corrected chi connectivity index (χ3v) is 5.69. The van der Waals surface area contributed by atoms with Crippen molar-refractivity contribution in [2.24, 2.45) is 0 Å². The zero-order chi connectivity index (χ0) is 18.4. The zero-order valence-electron chi connectivity index (χ0n) is 14.1. The maximum atomic E-state index is 12.4. The lowest BCUT2D eigenvalue weighted by Crippen LogP contribution is -2.25. The van der Waals surface area contributed by atoms with Gasteiger partial charge >= 0.3 is 0 Å². The van der Waals surface area contributed by atoms with Crippen molar-refractivity contribution in [1.82, 2.24) is 5.32 Å². The van der Waals surface area contributed by atoms with Crippen LogP contribution < -0.4 is 5.32 Å². The van der Waals surface area contributed by atoms with E-state index in [1.165, 1.54) is 6.26 Å². The number of rotatable bonds is 7. The Labute approximate surface area is 152 Å². The highest BCUT2D eigenvalue weighted by atomic mass is 32.2. The maximum absolute atomic E-state index is 12.4. The number of hydrogen-bond donors (Lipinski definition) is 1. The van der Waals surface area contributed by atoms with Gasteiger partial charge < -0.3 is 9.73 Å². The van der Waals surface area contributed by atoms with E-state index in [0.29, 0.717) is 5.76 Å². The third kappa shape index (κ3) is 4.61. The Balaban J connectivity index is 1.58. The van der Waals surface area contributed by atoms with Gasteiger partial charge in [-0.15, -0.1) is 0 Å². The van der Waals surface area contributed by atoms with Crippen molar-refractivity contribution in [2.45, 2.75) is 17.9 Å². The molecule has 2 aromatic carbocycles. The van der Waals surface area contributed by atoms with Gasteiger partial charge in [0, 0.05) is 6.42 Å². The van der Waals surface area contributed by atoms with Gasteiger partial charge in [0.2, 0.25) is 5.91 Å². The highest BCUT2D eigenvalue weighted by Gasteiger charge is 2.16. The van der Waals surface area contributed by atoms with Gasteiger partial charge in [-0.3, -0.25) is 4.79 Å². The predicted octanol–water partition coefficient (Wildman–Crippen LogP) is 3.43. The van der Waals surface area contributed by atoms with Crippen LogP contribution in [0, 0.1) is 0 Å². The summed E-state index contributed by atoms with van der Waals surface area (Å²) in [6.45, 7) is 0.248. The summed E-state index contributed by atoms with van der Waals surface area (Å²) in [5.74, 6) is 0.0605. The Morgan fingerprint density at radius 2 is 1.58 bits per heavy atom. The molecule has 0 aliphatic carbocycles. The van der Waals surface area contributed by atoms with Crippen molar-refractivity contribution in [3.8, 4) is 11.1 Å². The van der Waals surface area contributed by atoms with Crippen molar-refractivity contribution in [3.05, 3.63) is 78.8 Å². The van der Waals surface area contributed by atoms with Gasteiger partial charge in [-0.2, -0.15) is 0 Å². The molecule has 1 heterocycles. The molecular formula is C20H19NO4S. The fourth-order valence-electron chi connectivity index (χ4n) is 2.52. The van der Waals surface area contributed by atoms with Gasteiger partial charge in [0.15, 0.2) is 9.84 Å². The molecule has 5 nitrogen and oxygen atoms in total. The van der Waals surface area contributed by atoms with Crippen LogP contribution in [0.5, 0.6) is 0 Å². The summed E-state index contributed by atoms with van der Waals surface area (Å²) in [6.07, 6.45) is 1.43. The number of benzene rings is 2. The number of amides is 1. The minimum absolute atomic E-state index is 0.0938. The molecule has 6 heteroatoms. The van der Waals surface area contributed by atoms with Crippen LogP contribution in [0.1, 0.15) is 12.2 Å². The van der Waals surface area contributed by atoms with E-state index in [0.717, 1.165) is 11.1 Å². The Morgan fingerprint density at radius 3 is 2.23 bits per heavy atom. The van der Waals surface area contributed by atoms with Crippen LogP contribution in [0.4, 0.5) is 0 Å². The molecule has 0 aliphatic rings. The predicted molar refractivity (Wildman–Crippen MR) is 99.1 cm³/mol. The average molecular weight is 369 g/mol. The first kappa shape index (κ1) is 17.9. The first-order valence-electron chi connectivity index (χ1n) is 8.22. The third-order valence-electron chi connectivity index (χ3n) is 3.96. The summed E-state index contributed by atoms with van der Waals surface area (Å²) in [7, 11) is -3.51. The first-order chi connectivity index (χ1) is 12.5. The minimum atomic E-state index is -3.51. The molecule has 0 fully saturated rings. The molecule has 0 saturated heterocycles. The number of hydrogen-bond acceptors (Lipinski definition) is 4. The molecule has 0 saturated carbocycles. The lowest BCUT2D eigenvalue weighted by molar-refractivity contribution is -0.120. The second-order valence-corrected chi connectivity index (χ2v) is 7.92. The number of nitrogens with one attached hydrogen (secondary N) is 1. The summed E-state index contributed by atoms with van der Waals surface area (Å²) < 4.78 is 30.0. The molecule has 1 N–H and O–H groups in total. The van der Waals surface area contributed by atoms with Gasteiger partial charge in [0.05, 0.1) is 23.5 Å². The Morgan fingerprint density at radius 1 is 0.885 bits per heavy atom. The molecule has 1 aromatic heterocycles. The molecule has 0 atom stereocenters. The van der Waals surface area contributed by atoms with E-state index in [-0.39, 0.29) is 29.5 Å². The van der Waals surface area contributed by atoms with Gasteiger partial charge in [0.1, 0.15) is 5.76 Å². The van der Waals surface area contributed by atoms with E-state index in [1.807, 2.05) is 30.3 Å². The molecule has 0 radical (unpaired) electrons. The van der Waals surface area contributed by atoms with Crippen LogP contribution >= 0.6 is 0 Å². The number of carbonyl (C=O) groups is 1. The monoisotopic (exact) mass is 369 g/mol. The molecule has 0 aliphatic heterocycles. The number of furan rings is 1. The molecule has 134 valence electrons. The van der Waals surface area contributed by atoms with Crippen LogP contribution in [0.25, 0.3) is 11.1 Å². The van der Waals surface area contributed by atoms with E-state index in [2.05, 4.69) is 5.32 Å². The van der Waals surface area contributed by atoms with Gasteiger partial charge in [0.25, 0.3) is 0 Å². The standard InChI is InChI=1S/C20H19NO4S/c22-20(21-15-18-7-4-13-25-18)12-14-26(23,24)19-10-8-17(9-11-19)16-5-2-1-3-6-16/h1-11,13H,12,14-15H2,(H,21,22). The fourth-order valence-corrected chi connectivity index (χ4v) is 3.76. The molecule has 1 amide bonds. The summed E-state index contributed by atoms with van der Waals surface area (Å²) in [4.78, 5) is 12.1. The van der Waals surface area contributed by atoms with Crippen molar-refractivity contribution in [1.29, 1.82) is 0 Å². The SMILES string of the molecule is O=C(CCS(=O)(=O)c1ccc(-c2ccccc2)cc1)NCc1ccco1. The van der Waals surface area contributed by atoms with Gasteiger partial charge in [-0.05, 0) is 35.4 Å². The molecule has 0 spiro atoms. The Hall–Kier alpha value is -2.86. The van der Waals surface area contributed by atoms with E-state index >= 15 is 0 Å². The van der Waals surface area contributed by atoms with Crippen molar-refractivity contribution >= 4 is 15.7 Å². The largest absolute Gasteiger partial charge is 0.467 e. The first-order valence-corrected chi connectivity index (χ1v) is 9.87. The smallest absolute Gasteiger partial charge is 0.221 e. The summed E-state index contributed by atoms with van der Waals surface area (Å²) in [6, 6.07) is 19.9. The Bertz CT molecular complexity index is 947. The second kappa shape index (κ2) is 8.01.